The third kappa shape index (κ3) is 3.85. The van der Waals surface area contributed by atoms with E-state index in [0.29, 0.717) is 24.3 Å². The molecule has 7 heteroatoms. The number of rotatable bonds is 5. The summed E-state index contributed by atoms with van der Waals surface area (Å²) in [6.07, 6.45) is 1.52. The Labute approximate surface area is 120 Å². The zero-order valence-corrected chi connectivity index (χ0v) is 11.6. The highest BCUT2D eigenvalue weighted by Gasteiger charge is 2.06. The van der Waals surface area contributed by atoms with Gasteiger partial charge in [0, 0.05) is 32.3 Å². The molecule has 21 heavy (non-hydrogen) atoms. The Morgan fingerprint density at radius 1 is 1.24 bits per heavy atom. The quantitative estimate of drug-likeness (QED) is 0.892. The molecule has 112 valence electrons. The van der Waals surface area contributed by atoms with Crippen LogP contribution in [0.25, 0.3) is 0 Å². The second kappa shape index (κ2) is 6.45. The second-order valence-electron chi connectivity index (χ2n) is 4.70. The predicted molar refractivity (Wildman–Crippen MR) is 76.3 cm³/mol. The highest BCUT2D eigenvalue weighted by molar-refractivity contribution is 5.41. The molecule has 0 aliphatic carbocycles. The molecule has 0 unspecified atom stereocenters. The van der Waals surface area contributed by atoms with E-state index < -0.39 is 11.6 Å². The molecule has 0 bridgehead atoms. The van der Waals surface area contributed by atoms with E-state index in [9.17, 15) is 13.6 Å². The van der Waals surface area contributed by atoms with Crippen LogP contribution in [0, 0.1) is 11.6 Å². The van der Waals surface area contributed by atoms with Gasteiger partial charge in [-0.15, -0.1) is 0 Å². The van der Waals surface area contributed by atoms with Crippen LogP contribution in [-0.2, 0) is 6.54 Å². The number of nitrogens with zero attached hydrogens (tertiary/aromatic N) is 3. The molecule has 2 aromatic rings. The zero-order valence-electron chi connectivity index (χ0n) is 11.6. The molecule has 0 aliphatic heterocycles. The van der Waals surface area contributed by atoms with Crippen LogP contribution >= 0.6 is 0 Å². The molecule has 5 nitrogen and oxygen atoms in total. The lowest BCUT2D eigenvalue weighted by Gasteiger charge is -2.17. The van der Waals surface area contributed by atoms with Gasteiger partial charge < -0.3 is 10.6 Å². The minimum Gasteiger partial charge on any atom is -0.372 e. The highest BCUT2D eigenvalue weighted by atomic mass is 19.1. The van der Waals surface area contributed by atoms with Gasteiger partial charge in [-0.3, -0.25) is 4.79 Å². The molecule has 0 saturated carbocycles. The fraction of sp³-hybridized carbons (Fsp3) is 0.286. The van der Waals surface area contributed by atoms with Gasteiger partial charge in [0.15, 0.2) is 0 Å². The summed E-state index contributed by atoms with van der Waals surface area (Å²) in [5.41, 5.74) is 6.09. The maximum Gasteiger partial charge on any atom is 0.269 e. The Hall–Kier alpha value is -2.28. The van der Waals surface area contributed by atoms with Gasteiger partial charge in [-0.25, -0.2) is 13.5 Å². The Bertz CT molecular complexity index is 667. The molecule has 1 heterocycles. The third-order valence-corrected chi connectivity index (χ3v) is 3.02. The lowest BCUT2D eigenvalue weighted by Crippen LogP contribution is -2.29. The smallest absolute Gasteiger partial charge is 0.269 e. The number of likely N-dealkylation sites (N-methyl/N-ethyl adjacent to an activating group) is 1. The van der Waals surface area contributed by atoms with Crippen molar-refractivity contribution >= 4 is 5.69 Å². The Kier molecular flexibility index (Phi) is 4.64. The molecule has 0 fully saturated rings. The van der Waals surface area contributed by atoms with Gasteiger partial charge in [0.05, 0.1) is 18.4 Å². The highest BCUT2D eigenvalue weighted by Crippen LogP contribution is 2.10. The summed E-state index contributed by atoms with van der Waals surface area (Å²) in [4.78, 5) is 13.8. The Balaban J connectivity index is 2.23. The van der Waals surface area contributed by atoms with Crippen LogP contribution in [0.2, 0.25) is 0 Å². The first-order valence-electron chi connectivity index (χ1n) is 6.43. The second-order valence-corrected chi connectivity index (χ2v) is 4.70. The fourth-order valence-electron chi connectivity index (χ4n) is 1.95. The minimum atomic E-state index is -0.683. The van der Waals surface area contributed by atoms with E-state index in [1.807, 2.05) is 0 Å². The van der Waals surface area contributed by atoms with Gasteiger partial charge in [-0.2, -0.15) is 5.10 Å². The van der Waals surface area contributed by atoms with E-state index in [-0.39, 0.29) is 12.1 Å². The van der Waals surface area contributed by atoms with E-state index in [0.717, 1.165) is 10.7 Å². The van der Waals surface area contributed by atoms with Crippen molar-refractivity contribution in [1.29, 1.82) is 0 Å². The summed E-state index contributed by atoms with van der Waals surface area (Å²) in [6.45, 7) is 1.07. The molecular formula is C14H16F2N4O. The average molecular weight is 294 g/mol. The number of nitrogens with two attached hydrogens (primary N) is 1. The maximum absolute atomic E-state index is 13.1. The van der Waals surface area contributed by atoms with Crippen molar-refractivity contribution in [3.63, 3.8) is 0 Å². The summed E-state index contributed by atoms with van der Waals surface area (Å²) in [5.74, 6) is -1.37. The number of aromatic nitrogens is 2. The van der Waals surface area contributed by atoms with Gasteiger partial charge in [0.1, 0.15) is 11.6 Å². The first-order valence-corrected chi connectivity index (χ1v) is 6.43. The molecule has 2 N–H and O–H groups in total. The van der Waals surface area contributed by atoms with E-state index in [1.54, 1.807) is 11.9 Å². The van der Waals surface area contributed by atoms with Crippen LogP contribution in [0.1, 0.15) is 5.56 Å². The van der Waals surface area contributed by atoms with Crippen molar-refractivity contribution in [2.24, 2.45) is 5.73 Å². The van der Waals surface area contributed by atoms with Crippen molar-refractivity contribution in [3.8, 4) is 0 Å². The third-order valence-electron chi connectivity index (χ3n) is 3.02. The lowest BCUT2D eigenvalue weighted by atomic mass is 10.2. The fourth-order valence-corrected chi connectivity index (χ4v) is 1.95. The maximum atomic E-state index is 13.1. The molecule has 0 radical (unpaired) electrons. The van der Waals surface area contributed by atoms with Crippen molar-refractivity contribution in [3.05, 3.63) is 58.0 Å². The summed E-state index contributed by atoms with van der Waals surface area (Å²) in [5, 5.41) is 4.01. The number of halogens is 2. The molecule has 0 amide bonds. The average Bonchev–Trinajstić information content (AvgIpc) is 2.40. The summed E-state index contributed by atoms with van der Waals surface area (Å²) in [7, 11) is 1.80. The van der Waals surface area contributed by atoms with Crippen molar-refractivity contribution in [2.45, 2.75) is 6.54 Å². The molecule has 0 spiro atoms. The van der Waals surface area contributed by atoms with Crippen LogP contribution in [0.5, 0.6) is 0 Å². The first-order chi connectivity index (χ1) is 9.99. The molecule has 0 atom stereocenters. The van der Waals surface area contributed by atoms with Crippen LogP contribution in [0.4, 0.5) is 14.5 Å². The lowest BCUT2D eigenvalue weighted by molar-refractivity contribution is 0.570. The van der Waals surface area contributed by atoms with Crippen LogP contribution in [0.15, 0.2) is 35.3 Å². The van der Waals surface area contributed by atoms with E-state index in [2.05, 4.69) is 5.10 Å². The van der Waals surface area contributed by atoms with E-state index in [1.165, 1.54) is 24.4 Å². The number of hydrogen-bond donors (Lipinski definition) is 1. The van der Waals surface area contributed by atoms with Crippen LogP contribution < -0.4 is 16.2 Å². The van der Waals surface area contributed by atoms with Crippen molar-refractivity contribution in [1.82, 2.24) is 9.78 Å². The molecule has 0 aliphatic rings. The molecular weight excluding hydrogens is 278 g/mol. The monoisotopic (exact) mass is 294 g/mol. The van der Waals surface area contributed by atoms with Crippen LogP contribution in [-0.4, -0.2) is 29.9 Å². The summed E-state index contributed by atoms with van der Waals surface area (Å²) >= 11 is 0. The Morgan fingerprint density at radius 2 is 1.90 bits per heavy atom. The van der Waals surface area contributed by atoms with Crippen molar-refractivity contribution < 1.29 is 8.78 Å². The van der Waals surface area contributed by atoms with Crippen LogP contribution in [0.3, 0.4) is 0 Å². The molecule has 2 rings (SSSR count). The number of hydrogen-bond acceptors (Lipinski definition) is 4. The van der Waals surface area contributed by atoms with E-state index in [4.69, 9.17) is 5.73 Å². The number of anilines is 1. The van der Waals surface area contributed by atoms with E-state index >= 15 is 0 Å². The normalized spacial score (nSPS) is 10.7. The van der Waals surface area contributed by atoms with Crippen molar-refractivity contribution in [2.75, 3.05) is 25.0 Å². The summed E-state index contributed by atoms with van der Waals surface area (Å²) in [6, 6.07) is 4.54. The molecule has 1 aromatic heterocycles. The summed E-state index contributed by atoms with van der Waals surface area (Å²) < 4.78 is 27.4. The van der Waals surface area contributed by atoms with Gasteiger partial charge in [0.25, 0.3) is 5.56 Å². The number of benzene rings is 1. The van der Waals surface area contributed by atoms with Gasteiger partial charge >= 0.3 is 0 Å². The predicted octanol–water partition coefficient (Wildman–Crippen LogP) is 0.965. The topological polar surface area (TPSA) is 64.2 Å². The first kappa shape index (κ1) is 15.1. The zero-order chi connectivity index (χ0) is 15.4. The Morgan fingerprint density at radius 3 is 2.48 bits per heavy atom. The van der Waals surface area contributed by atoms with Gasteiger partial charge in [0.2, 0.25) is 0 Å². The molecule has 0 saturated heterocycles. The SMILES string of the molecule is CN(CCN)c1cnn(Cc2cc(F)cc(F)c2)c(=O)c1. The molecule has 1 aromatic carbocycles. The largest absolute Gasteiger partial charge is 0.372 e. The standard InChI is InChI=1S/C14H16F2N4O/c1-19(3-2-17)13-7-14(21)20(18-8-13)9-10-4-11(15)6-12(16)5-10/h4-8H,2-3,9,17H2,1H3. The van der Waals surface area contributed by atoms with Gasteiger partial charge in [-0.05, 0) is 17.7 Å². The minimum absolute atomic E-state index is 0.00833. The van der Waals surface area contributed by atoms with Gasteiger partial charge in [-0.1, -0.05) is 0 Å².